The van der Waals surface area contributed by atoms with E-state index < -0.39 is 0 Å². The lowest BCUT2D eigenvalue weighted by molar-refractivity contribution is -0.114. The molecule has 3 N–H and O–H groups in total. The second-order valence-electron chi connectivity index (χ2n) is 5.20. The van der Waals surface area contributed by atoms with Crippen LogP contribution in [0, 0.1) is 0 Å². The number of Topliss-reactive ketones (excluding diaryl/α,β-unsaturated/α-hetero) is 1. The SMILES string of the molecule is CNC(=O)c1ccc(NC(=O)CNc2cccc(C(C)=O)c2)cc1. The molecule has 0 aliphatic rings. The van der Waals surface area contributed by atoms with E-state index in [1.807, 2.05) is 0 Å². The molecular weight excluding hydrogens is 306 g/mol. The van der Waals surface area contributed by atoms with Crippen LogP contribution in [0.2, 0.25) is 0 Å². The van der Waals surface area contributed by atoms with Crippen LogP contribution < -0.4 is 16.0 Å². The summed E-state index contributed by atoms with van der Waals surface area (Å²) in [6, 6.07) is 13.6. The lowest BCUT2D eigenvalue weighted by atomic mass is 10.1. The molecule has 0 aliphatic heterocycles. The van der Waals surface area contributed by atoms with Gasteiger partial charge in [-0.05, 0) is 43.3 Å². The molecule has 0 bridgehead atoms. The van der Waals surface area contributed by atoms with Gasteiger partial charge in [-0.1, -0.05) is 12.1 Å². The highest BCUT2D eigenvalue weighted by molar-refractivity contribution is 5.97. The first-order chi connectivity index (χ1) is 11.5. The minimum Gasteiger partial charge on any atom is -0.376 e. The minimum atomic E-state index is -0.226. The van der Waals surface area contributed by atoms with E-state index in [0.717, 1.165) is 0 Å². The van der Waals surface area contributed by atoms with Crippen LogP contribution in [0.3, 0.4) is 0 Å². The van der Waals surface area contributed by atoms with Crippen LogP contribution in [0.5, 0.6) is 0 Å². The maximum absolute atomic E-state index is 12.0. The van der Waals surface area contributed by atoms with Crippen molar-refractivity contribution in [2.75, 3.05) is 24.2 Å². The minimum absolute atomic E-state index is 0.0284. The number of amides is 2. The summed E-state index contributed by atoms with van der Waals surface area (Å²) < 4.78 is 0. The zero-order valence-electron chi connectivity index (χ0n) is 13.6. The van der Waals surface area contributed by atoms with Gasteiger partial charge in [0.15, 0.2) is 5.78 Å². The Morgan fingerprint density at radius 1 is 0.917 bits per heavy atom. The number of ketones is 1. The Kier molecular flexibility index (Phi) is 5.68. The van der Waals surface area contributed by atoms with Crippen LogP contribution in [0.4, 0.5) is 11.4 Å². The highest BCUT2D eigenvalue weighted by Gasteiger charge is 2.06. The molecule has 24 heavy (non-hydrogen) atoms. The molecule has 0 saturated carbocycles. The van der Waals surface area contributed by atoms with Crippen molar-refractivity contribution >= 4 is 29.0 Å². The monoisotopic (exact) mass is 325 g/mol. The number of anilines is 2. The van der Waals surface area contributed by atoms with E-state index in [1.165, 1.54) is 6.92 Å². The van der Waals surface area contributed by atoms with Crippen molar-refractivity contribution in [3.05, 3.63) is 59.7 Å². The average Bonchev–Trinajstić information content (AvgIpc) is 2.60. The maximum atomic E-state index is 12.0. The lowest BCUT2D eigenvalue weighted by Crippen LogP contribution is -2.22. The Morgan fingerprint density at radius 3 is 2.25 bits per heavy atom. The number of carbonyl (C=O) groups excluding carboxylic acids is 3. The van der Waals surface area contributed by atoms with Crippen LogP contribution in [-0.4, -0.2) is 31.2 Å². The van der Waals surface area contributed by atoms with Gasteiger partial charge in [0, 0.05) is 29.5 Å². The van der Waals surface area contributed by atoms with Crippen LogP contribution in [0.25, 0.3) is 0 Å². The number of benzene rings is 2. The first-order valence-corrected chi connectivity index (χ1v) is 7.46. The van der Waals surface area contributed by atoms with Crippen molar-refractivity contribution in [1.29, 1.82) is 0 Å². The van der Waals surface area contributed by atoms with Gasteiger partial charge in [0.25, 0.3) is 5.91 Å². The van der Waals surface area contributed by atoms with E-state index >= 15 is 0 Å². The van der Waals surface area contributed by atoms with E-state index in [0.29, 0.717) is 22.5 Å². The Morgan fingerprint density at radius 2 is 1.62 bits per heavy atom. The molecule has 2 rings (SSSR count). The molecule has 0 aromatic heterocycles. The smallest absolute Gasteiger partial charge is 0.251 e. The molecule has 0 fully saturated rings. The Labute approximate surface area is 140 Å². The Hall–Kier alpha value is -3.15. The van der Waals surface area contributed by atoms with E-state index in [9.17, 15) is 14.4 Å². The summed E-state index contributed by atoms with van der Waals surface area (Å²) in [5.41, 5.74) is 2.42. The molecule has 0 saturated heterocycles. The van der Waals surface area contributed by atoms with Gasteiger partial charge in [0.05, 0.1) is 6.54 Å². The molecule has 124 valence electrons. The van der Waals surface area contributed by atoms with Crippen LogP contribution in [-0.2, 0) is 4.79 Å². The van der Waals surface area contributed by atoms with Gasteiger partial charge in [-0.2, -0.15) is 0 Å². The molecule has 2 aromatic rings. The summed E-state index contributed by atoms with van der Waals surface area (Å²) in [6.45, 7) is 1.56. The predicted octanol–water partition coefficient (Wildman–Crippen LogP) is 2.30. The standard InChI is InChI=1S/C18H19N3O3/c1-12(22)14-4-3-5-16(10-14)20-11-17(23)21-15-8-6-13(7-9-15)18(24)19-2/h3-10,20H,11H2,1-2H3,(H,19,24)(H,21,23). The van der Waals surface area contributed by atoms with Crippen LogP contribution >= 0.6 is 0 Å². The molecule has 0 heterocycles. The first kappa shape index (κ1) is 17.2. The highest BCUT2D eigenvalue weighted by Crippen LogP contribution is 2.12. The fourth-order valence-electron chi connectivity index (χ4n) is 2.08. The maximum Gasteiger partial charge on any atom is 0.251 e. The van der Waals surface area contributed by atoms with Gasteiger partial charge < -0.3 is 16.0 Å². The summed E-state index contributed by atoms with van der Waals surface area (Å²) in [6.07, 6.45) is 0. The predicted molar refractivity (Wildman–Crippen MR) is 93.4 cm³/mol. The number of rotatable bonds is 6. The third kappa shape index (κ3) is 4.67. The summed E-state index contributed by atoms with van der Waals surface area (Å²) in [7, 11) is 1.56. The highest BCUT2D eigenvalue weighted by atomic mass is 16.2. The summed E-state index contributed by atoms with van der Waals surface area (Å²) in [5.74, 6) is -0.435. The molecule has 0 spiro atoms. The number of hydrogen-bond acceptors (Lipinski definition) is 4. The van der Waals surface area contributed by atoms with Crippen molar-refractivity contribution in [3.8, 4) is 0 Å². The lowest BCUT2D eigenvalue weighted by Gasteiger charge is -2.09. The number of nitrogens with one attached hydrogen (secondary N) is 3. The molecule has 2 aromatic carbocycles. The largest absolute Gasteiger partial charge is 0.376 e. The average molecular weight is 325 g/mol. The van der Waals surface area contributed by atoms with Crippen molar-refractivity contribution < 1.29 is 14.4 Å². The van der Waals surface area contributed by atoms with E-state index in [1.54, 1.807) is 55.6 Å². The molecule has 0 unspecified atom stereocenters. The van der Waals surface area contributed by atoms with E-state index in [-0.39, 0.29) is 24.1 Å². The van der Waals surface area contributed by atoms with Crippen molar-refractivity contribution in [2.24, 2.45) is 0 Å². The normalized spacial score (nSPS) is 9.92. The van der Waals surface area contributed by atoms with Gasteiger partial charge in [-0.15, -0.1) is 0 Å². The number of carbonyl (C=O) groups is 3. The van der Waals surface area contributed by atoms with Gasteiger partial charge in [-0.3, -0.25) is 14.4 Å². The second-order valence-corrected chi connectivity index (χ2v) is 5.20. The van der Waals surface area contributed by atoms with Crippen molar-refractivity contribution in [1.82, 2.24) is 5.32 Å². The van der Waals surface area contributed by atoms with E-state index in [4.69, 9.17) is 0 Å². The molecule has 6 heteroatoms. The van der Waals surface area contributed by atoms with Crippen LogP contribution in [0.15, 0.2) is 48.5 Å². The summed E-state index contributed by atoms with van der Waals surface area (Å²) in [5, 5.41) is 8.24. The molecule has 0 atom stereocenters. The molecule has 0 aliphatic carbocycles. The third-order valence-corrected chi connectivity index (χ3v) is 3.38. The molecule has 6 nitrogen and oxygen atoms in total. The third-order valence-electron chi connectivity index (χ3n) is 3.38. The molecule has 2 amide bonds. The Balaban J connectivity index is 1.90. The molecular formula is C18H19N3O3. The summed E-state index contributed by atoms with van der Waals surface area (Å²) >= 11 is 0. The fraction of sp³-hybridized carbons (Fsp3) is 0.167. The van der Waals surface area contributed by atoms with E-state index in [2.05, 4.69) is 16.0 Å². The van der Waals surface area contributed by atoms with Gasteiger partial charge in [0.2, 0.25) is 5.91 Å². The second kappa shape index (κ2) is 7.92. The fourth-order valence-corrected chi connectivity index (χ4v) is 2.08. The number of hydrogen-bond donors (Lipinski definition) is 3. The molecule has 0 radical (unpaired) electrons. The topological polar surface area (TPSA) is 87.3 Å². The first-order valence-electron chi connectivity index (χ1n) is 7.46. The van der Waals surface area contributed by atoms with Gasteiger partial charge in [0.1, 0.15) is 0 Å². The quantitative estimate of drug-likeness (QED) is 0.711. The van der Waals surface area contributed by atoms with Crippen LogP contribution in [0.1, 0.15) is 27.6 Å². The van der Waals surface area contributed by atoms with Gasteiger partial charge in [-0.25, -0.2) is 0 Å². The summed E-state index contributed by atoms with van der Waals surface area (Å²) in [4.78, 5) is 34.7. The zero-order chi connectivity index (χ0) is 17.5. The zero-order valence-corrected chi connectivity index (χ0v) is 13.6. The Bertz CT molecular complexity index is 754. The van der Waals surface area contributed by atoms with Gasteiger partial charge >= 0.3 is 0 Å². The van der Waals surface area contributed by atoms with Crippen molar-refractivity contribution in [2.45, 2.75) is 6.92 Å². The van der Waals surface area contributed by atoms with Crippen molar-refractivity contribution in [3.63, 3.8) is 0 Å².